The van der Waals surface area contributed by atoms with E-state index in [1.165, 1.54) is 23.1 Å². The first kappa shape index (κ1) is 25.2. The predicted octanol–water partition coefficient (Wildman–Crippen LogP) is 7.16. The molecule has 0 heterocycles. The van der Waals surface area contributed by atoms with E-state index in [-0.39, 0.29) is 34.1 Å². The van der Waals surface area contributed by atoms with Crippen molar-refractivity contribution in [1.82, 2.24) is 0 Å². The molecule has 0 aliphatic heterocycles. The van der Waals surface area contributed by atoms with Crippen LogP contribution >= 0.6 is 0 Å². The van der Waals surface area contributed by atoms with Gasteiger partial charge in [-0.1, -0.05) is 31.9 Å². The molecule has 4 aromatic rings. The minimum Gasteiger partial charge on any atom is -0.245 e. The third kappa shape index (κ3) is 10.2. The Morgan fingerprint density at radius 3 is 1.30 bits per heavy atom. The number of rotatable bonds is 4. The van der Waals surface area contributed by atoms with Crippen molar-refractivity contribution in [2.75, 3.05) is 0 Å². The van der Waals surface area contributed by atoms with E-state index < -0.39 is 0 Å². The van der Waals surface area contributed by atoms with Crippen LogP contribution in [0.5, 0.6) is 0 Å². The molecule has 142 valence electrons. The summed E-state index contributed by atoms with van der Waals surface area (Å²) in [5, 5.41) is 0. The molecule has 4 aromatic carbocycles. The van der Waals surface area contributed by atoms with Gasteiger partial charge in [-0.3, -0.25) is 0 Å². The van der Waals surface area contributed by atoms with Crippen molar-refractivity contribution in [3.05, 3.63) is 126 Å². The average Bonchev–Trinajstić information content (AvgIpc) is 3.49. The molecule has 0 saturated carbocycles. The second kappa shape index (κ2) is 16.4. The molecule has 4 rings (SSSR count). The second-order valence-electron chi connectivity index (χ2n) is 5.68. The van der Waals surface area contributed by atoms with E-state index >= 15 is 0 Å². The second-order valence-corrected chi connectivity index (χ2v) is 5.68. The molecule has 0 bridgehead atoms. The van der Waals surface area contributed by atoms with Crippen molar-refractivity contribution in [2.24, 2.45) is 0 Å². The maximum absolute atomic E-state index is 2.34. The summed E-state index contributed by atoms with van der Waals surface area (Å²) in [5.74, 6) is 0. The number of hydrogen-bond acceptors (Lipinski definition) is 0. The maximum atomic E-state index is 2.34. The third-order valence-electron chi connectivity index (χ3n) is 3.70. The van der Waals surface area contributed by atoms with E-state index in [2.05, 4.69) is 61.5 Å². The Kier molecular flexibility index (Phi) is 15.3. The van der Waals surface area contributed by atoms with Gasteiger partial charge in [-0.25, -0.2) is 60.2 Å². The molecule has 0 aliphatic carbocycles. The van der Waals surface area contributed by atoms with Gasteiger partial charge in [0.1, 0.15) is 0 Å². The van der Waals surface area contributed by atoms with Gasteiger partial charge in [-0.15, -0.1) is 17.7 Å². The fourth-order valence-electron chi connectivity index (χ4n) is 2.44. The fraction of sp³-hybridized carbons (Fsp3) is 0.120. The monoisotopic (exact) mass is 438 g/mol. The zero-order valence-electron chi connectivity index (χ0n) is 15.6. The Morgan fingerprint density at radius 1 is 0.667 bits per heavy atom. The van der Waals surface area contributed by atoms with Crippen LogP contribution in [0.2, 0.25) is 0 Å². The van der Waals surface area contributed by atoms with Gasteiger partial charge in [0, 0.05) is 0 Å². The van der Waals surface area contributed by atoms with E-state index in [0.717, 1.165) is 6.42 Å². The SMILES string of the molecule is CCCC=C([c-]1cccc1)[c-]1cccc1.[Fe+2].[Fe+2].c1cc[cH-]c1.c1cc[cH-]c1. The van der Waals surface area contributed by atoms with Gasteiger partial charge in [0.25, 0.3) is 0 Å². The molecule has 0 radical (unpaired) electrons. The van der Waals surface area contributed by atoms with Crippen LogP contribution in [0.4, 0.5) is 0 Å². The normalized spacial score (nSPS) is 8.63. The van der Waals surface area contributed by atoms with Crippen molar-refractivity contribution < 1.29 is 34.1 Å². The topological polar surface area (TPSA) is 0 Å². The molecule has 0 aliphatic rings. The largest absolute Gasteiger partial charge is 2.00 e. The molecule has 0 spiro atoms. The van der Waals surface area contributed by atoms with Crippen LogP contribution in [0.25, 0.3) is 5.57 Å². The van der Waals surface area contributed by atoms with Gasteiger partial charge in [0.2, 0.25) is 0 Å². The third-order valence-corrected chi connectivity index (χ3v) is 3.70. The Labute approximate surface area is 185 Å². The first-order chi connectivity index (χ1) is 12.4. The number of allylic oxidation sites excluding steroid dienone is 1. The Balaban J connectivity index is 0.000000465. The van der Waals surface area contributed by atoms with Crippen LogP contribution in [0.1, 0.15) is 30.9 Å². The molecule has 0 fully saturated rings. The standard InChI is InChI=1S/C15H16.2C5H5.2Fe/c1-2-3-12-15(13-8-4-5-9-13)14-10-6-7-11-14;2*1-2-4-5-3-1;;/h4-12H,2-3H2,1H3;2*1-5H;;/q-2;2*-1;2*+2. The van der Waals surface area contributed by atoms with E-state index in [4.69, 9.17) is 0 Å². The molecule has 0 saturated heterocycles. The van der Waals surface area contributed by atoms with Crippen molar-refractivity contribution in [3.63, 3.8) is 0 Å². The summed E-state index contributed by atoms with van der Waals surface area (Å²) < 4.78 is 0. The van der Waals surface area contributed by atoms with Gasteiger partial charge in [-0.2, -0.15) is 42.0 Å². The molecule has 27 heavy (non-hydrogen) atoms. The van der Waals surface area contributed by atoms with Gasteiger partial charge in [0.05, 0.1) is 0 Å². The van der Waals surface area contributed by atoms with Crippen LogP contribution in [0.15, 0.2) is 115 Å². The van der Waals surface area contributed by atoms with E-state index in [1.807, 2.05) is 60.7 Å². The van der Waals surface area contributed by atoms with Gasteiger partial charge in [0.15, 0.2) is 0 Å². The number of hydrogen-bond donors (Lipinski definition) is 0. The van der Waals surface area contributed by atoms with Crippen LogP contribution in [-0.4, -0.2) is 0 Å². The smallest absolute Gasteiger partial charge is 0.245 e. The summed E-state index contributed by atoms with van der Waals surface area (Å²) in [4.78, 5) is 0. The van der Waals surface area contributed by atoms with Crippen LogP contribution in [0, 0.1) is 0 Å². The minimum atomic E-state index is 0. The van der Waals surface area contributed by atoms with Crippen LogP contribution < -0.4 is 0 Å². The van der Waals surface area contributed by atoms with E-state index in [0.29, 0.717) is 0 Å². The predicted molar refractivity (Wildman–Crippen MR) is 110 cm³/mol. The summed E-state index contributed by atoms with van der Waals surface area (Å²) in [6.07, 6.45) is 4.68. The van der Waals surface area contributed by atoms with Crippen molar-refractivity contribution in [2.45, 2.75) is 19.8 Å². The first-order valence-electron chi connectivity index (χ1n) is 8.89. The van der Waals surface area contributed by atoms with Gasteiger partial charge < -0.3 is 0 Å². The maximum Gasteiger partial charge on any atom is 2.00 e. The van der Waals surface area contributed by atoms with Crippen molar-refractivity contribution >= 4 is 5.57 Å². The molecule has 0 amide bonds. The van der Waals surface area contributed by atoms with Crippen LogP contribution in [0.3, 0.4) is 0 Å². The van der Waals surface area contributed by atoms with Gasteiger partial charge in [-0.05, 0) is 0 Å². The molecule has 0 N–H and O–H groups in total. The van der Waals surface area contributed by atoms with E-state index in [1.54, 1.807) is 0 Å². The van der Waals surface area contributed by atoms with E-state index in [9.17, 15) is 0 Å². The molecular formula is C25H26Fe2. The molecule has 0 nitrogen and oxygen atoms in total. The Morgan fingerprint density at radius 2 is 1.04 bits per heavy atom. The van der Waals surface area contributed by atoms with Crippen molar-refractivity contribution in [3.8, 4) is 0 Å². The Bertz CT molecular complexity index is 644. The summed E-state index contributed by atoms with van der Waals surface area (Å²) in [6.45, 7) is 2.21. The quantitative estimate of drug-likeness (QED) is 0.234. The summed E-state index contributed by atoms with van der Waals surface area (Å²) in [7, 11) is 0. The Hall–Kier alpha value is -1.82. The molecule has 2 heteroatoms. The number of unbranched alkanes of at least 4 members (excludes halogenated alkanes) is 1. The van der Waals surface area contributed by atoms with Crippen LogP contribution in [-0.2, 0) is 34.1 Å². The fourth-order valence-corrected chi connectivity index (χ4v) is 2.44. The molecular weight excluding hydrogens is 412 g/mol. The minimum absolute atomic E-state index is 0. The summed E-state index contributed by atoms with van der Waals surface area (Å²) >= 11 is 0. The average molecular weight is 438 g/mol. The summed E-state index contributed by atoms with van der Waals surface area (Å²) in [5.41, 5.74) is 4.02. The molecule has 0 atom stereocenters. The van der Waals surface area contributed by atoms with Gasteiger partial charge >= 0.3 is 34.1 Å². The molecule has 0 aromatic heterocycles. The summed E-state index contributed by atoms with van der Waals surface area (Å²) in [6, 6.07) is 37.1. The zero-order valence-corrected chi connectivity index (χ0v) is 17.8. The zero-order chi connectivity index (χ0) is 17.6. The molecule has 0 unspecified atom stereocenters. The first-order valence-corrected chi connectivity index (χ1v) is 8.89. The van der Waals surface area contributed by atoms with Crippen molar-refractivity contribution in [1.29, 1.82) is 0 Å².